The Morgan fingerprint density at radius 2 is 2.10 bits per heavy atom. The summed E-state index contributed by atoms with van der Waals surface area (Å²) < 4.78 is 5.07. The number of ether oxygens (including phenoxy) is 1. The average molecular weight is 298 g/mol. The lowest BCUT2D eigenvalue weighted by atomic mass is 10.1. The quantitative estimate of drug-likeness (QED) is 0.625. The maximum atomic E-state index is 12.2. The smallest absolute Gasteiger partial charge is 0.239 e. The van der Waals surface area contributed by atoms with Crippen molar-refractivity contribution in [3.05, 3.63) is 0 Å². The minimum Gasteiger partial charge on any atom is -0.374 e. The van der Waals surface area contributed by atoms with Crippen molar-refractivity contribution < 1.29 is 14.3 Å². The zero-order chi connectivity index (χ0) is 15.7. The zero-order valence-corrected chi connectivity index (χ0v) is 13.5. The van der Waals surface area contributed by atoms with Gasteiger partial charge in [0, 0.05) is 25.6 Å². The van der Waals surface area contributed by atoms with Gasteiger partial charge in [0.05, 0.1) is 6.04 Å². The maximum Gasteiger partial charge on any atom is 0.239 e. The fourth-order valence-electron chi connectivity index (χ4n) is 2.75. The van der Waals surface area contributed by atoms with Gasteiger partial charge in [-0.25, -0.2) is 0 Å². The zero-order valence-electron chi connectivity index (χ0n) is 13.5. The van der Waals surface area contributed by atoms with E-state index in [1.54, 1.807) is 0 Å². The second-order valence-electron chi connectivity index (χ2n) is 5.90. The predicted molar refractivity (Wildman–Crippen MR) is 83.0 cm³/mol. The van der Waals surface area contributed by atoms with Crippen molar-refractivity contribution in [2.75, 3.05) is 19.8 Å². The summed E-state index contributed by atoms with van der Waals surface area (Å²) in [7, 11) is 0. The van der Waals surface area contributed by atoms with Crippen LogP contribution in [0.1, 0.15) is 58.8 Å². The first kappa shape index (κ1) is 18.1. The predicted octanol–water partition coefficient (Wildman–Crippen LogP) is 1.88. The molecule has 0 aromatic carbocycles. The molecule has 0 aromatic heterocycles. The standard InChI is InChI=1S/C16H30N2O3/c1-3-21-12-14(19)9-5-4-6-10-15(17)16(20)18-11-7-8-13(18)2/h13,15H,3-12,17H2,1-2H3/t13-,15+/m1/s1. The Bertz CT molecular complexity index is 333. The molecule has 0 unspecified atom stereocenters. The van der Waals surface area contributed by atoms with Gasteiger partial charge in [0.25, 0.3) is 0 Å². The highest BCUT2D eigenvalue weighted by Gasteiger charge is 2.28. The van der Waals surface area contributed by atoms with Crippen LogP contribution >= 0.6 is 0 Å². The summed E-state index contributed by atoms with van der Waals surface area (Å²) in [5, 5.41) is 0. The molecule has 122 valence electrons. The molecule has 1 amide bonds. The third kappa shape index (κ3) is 6.57. The number of hydrogen-bond acceptors (Lipinski definition) is 4. The Morgan fingerprint density at radius 3 is 2.71 bits per heavy atom. The number of carbonyl (C=O) groups excluding carboxylic acids is 2. The molecule has 0 saturated carbocycles. The number of nitrogens with zero attached hydrogens (tertiary/aromatic N) is 1. The minimum absolute atomic E-state index is 0.0902. The molecule has 5 nitrogen and oxygen atoms in total. The largest absolute Gasteiger partial charge is 0.374 e. The van der Waals surface area contributed by atoms with Crippen molar-refractivity contribution in [1.29, 1.82) is 0 Å². The molecule has 1 heterocycles. The van der Waals surface area contributed by atoms with Crippen LogP contribution in [0.5, 0.6) is 0 Å². The van der Waals surface area contributed by atoms with Crippen LogP contribution < -0.4 is 5.73 Å². The van der Waals surface area contributed by atoms with E-state index < -0.39 is 0 Å². The number of rotatable bonds is 10. The monoisotopic (exact) mass is 298 g/mol. The summed E-state index contributed by atoms with van der Waals surface area (Å²) in [6, 6.07) is -0.0515. The van der Waals surface area contributed by atoms with Crippen molar-refractivity contribution in [1.82, 2.24) is 4.90 Å². The van der Waals surface area contributed by atoms with E-state index in [-0.39, 0.29) is 24.3 Å². The van der Waals surface area contributed by atoms with Crippen molar-refractivity contribution in [3.8, 4) is 0 Å². The molecule has 1 rings (SSSR count). The van der Waals surface area contributed by atoms with Gasteiger partial charge in [-0.05, 0) is 39.5 Å². The van der Waals surface area contributed by atoms with Crippen molar-refractivity contribution in [2.24, 2.45) is 5.73 Å². The molecule has 0 aromatic rings. The Morgan fingerprint density at radius 1 is 1.33 bits per heavy atom. The molecule has 2 N–H and O–H groups in total. The minimum atomic E-state index is -0.385. The van der Waals surface area contributed by atoms with Gasteiger partial charge in [-0.3, -0.25) is 9.59 Å². The number of ketones is 1. The van der Waals surface area contributed by atoms with Gasteiger partial charge in [-0.15, -0.1) is 0 Å². The fraction of sp³-hybridized carbons (Fsp3) is 0.875. The fourth-order valence-corrected chi connectivity index (χ4v) is 2.75. The molecular formula is C16H30N2O3. The summed E-state index contributed by atoms with van der Waals surface area (Å²) in [6.45, 7) is 5.62. The molecular weight excluding hydrogens is 268 g/mol. The highest BCUT2D eigenvalue weighted by molar-refractivity contribution is 5.82. The Balaban J connectivity index is 2.09. The number of unbranched alkanes of at least 4 members (excludes halogenated alkanes) is 2. The van der Waals surface area contributed by atoms with Crippen LogP contribution in [0, 0.1) is 0 Å². The van der Waals surface area contributed by atoms with E-state index in [1.807, 2.05) is 11.8 Å². The van der Waals surface area contributed by atoms with Crippen LogP contribution in [0.2, 0.25) is 0 Å². The van der Waals surface area contributed by atoms with Gasteiger partial charge >= 0.3 is 0 Å². The van der Waals surface area contributed by atoms with Crippen LogP contribution in [0.15, 0.2) is 0 Å². The van der Waals surface area contributed by atoms with Gasteiger partial charge in [0.2, 0.25) is 5.91 Å². The van der Waals surface area contributed by atoms with Crippen LogP contribution in [0.3, 0.4) is 0 Å². The molecule has 21 heavy (non-hydrogen) atoms. The third-order valence-electron chi connectivity index (χ3n) is 4.09. The molecule has 0 bridgehead atoms. The van der Waals surface area contributed by atoms with Crippen LogP contribution in [0.4, 0.5) is 0 Å². The lowest BCUT2D eigenvalue weighted by molar-refractivity contribution is -0.133. The Kier molecular flexibility index (Phi) is 8.54. The van der Waals surface area contributed by atoms with Crippen molar-refractivity contribution in [2.45, 2.75) is 70.9 Å². The van der Waals surface area contributed by atoms with E-state index >= 15 is 0 Å². The first-order valence-corrected chi connectivity index (χ1v) is 8.21. The molecule has 1 aliphatic rings. The lowest BCUT2D eigenvalue weighted by Gasteiger charge is -2.24. The van der Waals surface area contributed by atoms with Crippen LogP contribution in [-0.2, 0) is 14.3 Å². The van der Waals surface area contributed by atoms with Gasteiger partial charge in [0.15, 0.2) is 5.78 Å². The van der Waals surface area contributed by atoms with E-state index in [0.717, 1.165) is 38.6 Å². The third-order valence-corrected chi connectivity index (χ3v) is 4.09. The number of nitrogens with two attached hydrogens (primary N) is 1. The summed E-state index contributed by atoms with van der Waals surface area (Å²) in [5.74, 6) is 0.246. The lowest BCUT2D eigenvalue weighted by Crippen LogP contribution is -2.45. The molecule has 2 atom stereocenters. The van der Waals surface area contributed by atoms with Gasteiger partial charge in [0.1, 0.15) is 6.61 Å². The summed E-state index contributed by atoms with van der Waals surface area (Å²) in [5.41, 5.74) is 5.99. The second-order valence-corrected chi connectivity index (χ2v) is 5.90. The number of amides is 1. The van der Waals surface area contributed by atoms with E-state index in [1.165, 1.54) is 0 Å². The number of likely N-dealkylation sites (tertiary alicyclic amines) is 1. The highest BCUT2D eigenvalue weighted by Crippen LogP contribution is 2.18. The molecule has 0 spiro atoms. The number of Topliss-reactive ketones (excluding diaryl/α,β-unsaturated/α-hetero) is 1. The molecule has 0 radical (unpaired) electrons. The first-order chi connectivity index (χ1) is 10.1. The Hall–Kier alpha value is -0.940. The van der Waals surface area contributed by atoms with Crippen molar-refractivity contribution >= 4 is 11.7 Å². The van der Waals surface area contributed by atoms with E-state index in [2.05, 4.69) is 6.92 Å². The number of carbonyl (C=O) groups is 2. The molecule has 5 heteroatoms. The SMILES string of the molecule is CCOCC(=O)CCCCC[C@H](N)C(=O)N1CCC[C@H]1C. The summed E-state index contributed by atoms with van der Waals surface area (Å²) in [4.78, 5) is 25.5. The Labute approximate surface area is 128 Å². The molecule has 1 fully saturated rings. The van der Waals surface area contributed by atoms with E-state index in [9.17, 15) is 9.59 Å². The molecule has 1 saturated heterocycles. The van der Waals surface area contributed by atoms with Crippen molar-refractivity contribution in [3.63, 3.8) is 0 Å². The first-order valence-electron chi connectivity index (χ1n) is 8.21. The van der Waals surface area contributed by atoms with Crippen LogP contribution in [0.25, 0.3) is 0 Å². The topological polar surface area (TPSA) is 72.6 Å². The second kappa shape index (κ2) is 9.90. The van der Waals surface area contributed by atoms with Crippen LogP contribution in [-0.4, -0.2) is 48.4 Å². The van der Waals surface area contributed by atoms with Gasteiger partial charge < -0.3 is 15.4 Å². The normalized spacial score (nSPS) is 19.8. The van der Waals surface area contributed by atoms with E-state index in [0.29, 0.717) is 25.5 Å². The van der Waals surface area contributed by atoms with Gasteiger partial charge in [-0.1, -0.05) is 12.8 Å². The number of hydrogen-bond donors (Lipinski definition) is 1. The molecule has 1 aliphatic heterocycles. The van der Waals surface area contributed by atoms with E-state index in [4.69, 9.17) is 10.5 Å². The molecule has 0 aliphatic carbocycles. The maximum absolute atomic E-state index is 12.2. The average Bonchev–Trinajstić information content (AvgIpc) is 2.89. The highest BCUT2D eigenvalue weighted by atomic mass is 16.5. The van der Waals surface area contributed by atoms with Gasteiger partial charge in [-0.2, -0.15) is 0 Å². The summed E-state index contributed by atoms with van der Waals surface area (Å²) >= 11 is 0. The summed E-state index contributed by atoms with van der Waals surface area (Å²) in [6.07, 6.45) is 6.13.